The molecule has 1 aromatic rings. The molecule has 0 aromatic heterocycles. The summed E-state index contributed by atoms with van der Waals surface area (Å²) >= 11 is 0. The third kappa shape index (κ3) is 11.3. The van der Waals surface area contributed by atoms with Crippen LogP contribution in [0.1, 0.15) is 121 Å². The van der Waals surface area contributed by atoms with Gasteiger partial charge in [-0.25, -0.2) is 0 Å². The Bertz CT molecular complexity index is 458. The van der Waals surface area contributed by atoms with Crippen LogP contribution in [0.5, 0.6) is 11.5 Å². The molecule has 27 heavy (non-hydrogen) atoms. The Morgan fingerprint density at radius 2 is 0.889 bits per heavy atom. The number of aryl methyl sites for hydroxylation is 1. The molecular formula is C25H44O2. The van der Waals surface area contributed by atoms with Gasteiger partial charge in [0.25, 0.3) is 0 Å². The summed E-state index contributed by atoms with van der Waals surface area (Å²) < 4.78 is 0. The van der Waals surface area contributed by atoms with Gasteiger partial charge in [-0.1, -0.05) is 97.3 Å². The van der Waals surface area contributed by atoms with Crippen LogP contribution in [0, 0.1) is 0 Å². The van der Waals surface area contributed by atoms with E-state index in [2.05, 4.69) is 13.8 Å². The number of unbranched alkanes of at least 4 members (excludes halogenated alkanes) is 13. The molecule has 0 unspecified atom stereocenters. The van der Waals surface area contributed by atoms with Crippen LogP contribution in [-0.4, -0.2) is 10.2 Å². The molecule has 2 nitrogen and oxygen atoms in total. The van der Waals surface area contributed by atoms with Crippen LogP contribution < -0.4 is 0 Å². The molecular weight excluding hydrogens is 332 g/mol. The first-order valence-corrected chi connectivity index (χ1v) is 11.7. The van der Waals surface area contributed by atoms with E-state index in [0.717, 1.165) is 36.8 Å². The minimum absolute atomic E-state index is 0.288. The van der Waals surface area contributed by atoms with Crippen LogP contribution in [-0.2, 0) is 12.8 Å². The van der Waals surface area contributed by atoms with Gasteiger partial charge in [-0.05, 0) is 43.4 Å². The van der Waals surface area contributed by atoms with E-state index in [4.69, 9.17) is 0 Å². The smallest absolute Gasteiger partial charge is 0.122 e. The van der Waals surface area contributed by atoms with Crippen molar-refractivity contribution in [3.05, 3.63) is 23.3 Å². The Balaban J connectivity index is 2.23. The van der Waals surface area contributed by atoms with E-state index < -0.39 is 0 Å². The average molecular weight is 377 g/mol. The Morgan fingerprint density at radius 3 is 1.33 bits per heavy atom. The van der Waals surface area contributed by atoms with Gasteiger partial charge in [0.2, 0.25) is 0 Å². The highest BCUT2D eigenvalue weighted by molar-refractivity contribution is 5.46. The van der Waals surface area contributed by atoms with Crippen molar-refractivity contribution < 1.29 is 10.2 Å². The first-order chi connectivity index (χ1) is 13.2. The molecule has 0 aliphatic heterocycles. The van der Waals surface area contributed by atoms with Crippen molar-refractivity contribution in [1.82, 2.24) is 0 Å². The highest BCUT2D eigenvalue weighted by atomic mass is 16.3. The van der Waals surface area contributed by atoms with Gasteiger partial charge in [0.15, 0.2) is 0 Å². The zero-order valence-electron chi connectivity index (χ0n) is 18.1. The van der Waals surface area contributed by atoms with E-state index in [1.807, 2.05) is 12.1 Å². The zero-order valence-corrected chi connectivity index (χ0v) is 18.1. The second-order valence-corrected chi connectivity index (χ2v) is 8.21. The van der Waals surface area contributed by atoms with Gasteiger partial charge < -0.3 is 10.2 Å². The minimum Gasteiger partial charge on any atom is -0.508 e. The first-order valence-electron chi connectivity index (χ1n) is 11.7. The number of rotatable bonds is 17. The Labute approximate surface area is 168 Å². The van der Waals surface area contributed by atoms with Crippen molar-refractivity contribution in [2.24, 2.45) is 0 Å². The molecule has 0 saturated carbocycles. The molecule has 0 bridgehead atoms. The van der Waals surface area contributed by atoms with Crippen molar-refractivity contribution >= 4 is 0 Å². The predicted molar refractivity (Wildman–Crippen MR) is 118 cm³/mol. The SMILES string of the molecule is CCCCCCCCCCc1cc(O)c(CCCCCCCCC)c(O)c1. The lowest BCUT2D eigenvalue weighted by atomic mass is 9.99. The predicted octanol–water partition coefficient (Wildman–Crippen LogP) is 8.07. The van der Waals surface area contributed by atoms with E-state index in [0.29, 0.717) is 0 Å². The minimum atomic E-state index is 0.288. The van der Waals surface area contributed by atoms with E-state index in [9.17, 15) is 10.2 Å². The topological polar surface area (TPSA) is 40.5 Å². The van der Waals surface area contributed by atoms with Crippen molar-refractivity contribution in [2.45, 2.75) is 123 Å². The van der Waals surface area contributed by atoms with Crippen molar-refractivity contribution in [3.8, 4) is 11.5 Å². The standard InChI is InChI=1S/C25H44O2/c1-3-5-7-9-11-13-14-16-18-22-20-24(26)23(25(27)21-22)19-17-15-12-10-8-6-4-2/h20-21,26-27H,3-19H2,1-2H3. The summed E-state index contributed by atoms with van der Waals surface area (Å²) in [6.45, 7) is 4.49. The zero-order chi connectivity index (χ0) is 19.7. The van der Waals surface area contributed by atoms with Crippen molar-refractivity contribution in [2.75, 3.05) is 0 Å². The van der Waals surface area contributed by atoms with Crippen LogP contribution in [0.25, 0.3) is 0 Å². The molecule has 0 amide bonds. The summed E-state index contributed by atoms with van der Waals surface area (Å²) in [5.41, 5.74) is 1.81. The summed E-state index contributed by atoms with van der Waals surface area (Å²) in [6.07, 6.45) is 20.9. The number of aromatic hydroxyl groups is 2. The fourth-order valence-electron chi connectivity index (χ4n) is 3.82. The van der Waals surface area contributed by atoms with Gasteiger partial charge in [0, 0.05) is 5.56 Å². The average Bonchev–Trinajstić information content (AvgIpc) is 2.65. The molecule has 0 saturated heterocycles. The number of benzene rings is 1. The largest absolute Gasteiger partial charge is 0.508 e. The maximum atomic E-state index is 10.3. The summed E-state index contributed by atoms with van der Waals surface area (Å²) in [4.78, 5) is 0. The number of phenols is 2. The fraction of sp³-hybridized carbons (Fsp3) is 0.760. The maximum absolute atomic E-state index is 10.3. The molecule has 156 valence electrons. The van der Waals surface area contributed by atoms with Crippen LogP contribution in [0.15, 0.2) is 12.1 Å². The molecule has 1 aromatic carbocycles. The number of hydrogen-bond acceptors (Lipinski definition) is 2. The fourth-order valence-corrected chi connectivity index (χ4v) is 3.82. The summed E-state index contributed by atoms with van der Waals surface area (Å²) in [7, 11) is 0. The second-order valence-electron chi connectivity index (χ2n) is 8.21. The summed E-state index contributed by atoms with van der Waals surface area (Å²) in [6, 6.07) is 3.75. The van der Waals surface area contributed by atoms with Crippen LogP contribution >= 0.6 is 0 Å². The van der Waals surface area contributed by atoms with E-state index in [1.165, 1.54) is 83.5 Å². The monoisotopic (exact) mass is 376 g/mol. The normalized spacial score (nSPS) is 11.2. The molecule has 0 aliphatic carbocycles. The maximum Gasteiger partial charge on any atom is 0.122 e. The quantitative estimate of drug-likeness (QED) is 0.270. The molecule has 0 fully saturated rings. The lowest BCUT2D eigenvalue weighted by Gasteiger charge is -2.10. The summed E-state index contributed by atoms with van der Waals surface area (Å²) in [5.74, 6) is 0.575. The molecule has 2 N–H and O–H groups in total. The molecule has 0 aliphatic rings. The van der Waals surface area contributed by atoms with E-state index in [-0.39, 0.29) is 11.5 Å². The van der Waals surface area contributed by atoms with E-state index >= 15 is 0 Å². The lowest BCUT2D eigenvalue weighted by molar-refractivity contribution is 0.434. The summed E-state index contributed by atoms with van der Waals surface area (Å²) in [5, 5.41) is 20.6. The van der Waals surface area contributed by atoms with Gasteiger partial charge in [-0.3, -0.25) is 0 Å². The van der Waals surface area contributed by atoms with Gasteiger partial charge >= 0.3 is 0 Å². The highest BCUT2D eigenvalue weighted by Gasteiger charge is 2.09. The van der Waals surface area contributed by atoms with Gasteiger partial charge in [-0.15, -0.1) is 0 Å². The highest BCUT2D eigenvalue weighted by Crippen LogP contribution is 2.31. The van der Waals surface area contributed by atoms with Gasteiger partial charge in [-0.2, -0.15) is 0 Å². The third-order valence-corrected chi connectivity index (χ3v) is 5.61. The number of phenolic OH excluding ortho intramolecular Hbond substituents is 2. The van der Waals surface area contributed by atoms with Crippen molar-refractivity contribution in [1.29, 1.82) is 0 Å². The van der Waals surface area contributed by atoms with Crippen LogP contribution in [0.4, 0.5) is 0 Å². The van der Waals surface area contributed by atoms with Crippen LogP contribution in [0.2, 0.25) is 0 Å². The molecule has 0 atom stereocenters. The Hall–Kier alpha value is -1.18. The van der Waals surface area contributed by atoms with Crippen LogP contribution in [0.3, 0.4) is 0 Å². The molecule has 1 rings (SSSR count). The van der Waals surface area contributed by atoms with E-state index in [1.54, 1.807) is 0 Å². The van der Waals surface area contributed by atoms with Crippen molar-refractivity contribution in [3.63, 3.8) is 0 Å². The Kier molecular flexibility index (Phi) is 14.0. The molecule has 2 heteroatoms. The van der Waals surface area contributed by atoms with Gasteiger partial charge in [0.05, 0.1) is 0 Å². The lowest BCUT2D eigenvalue weighted by Crippen LogP contribution is -1.92. The molecule has 0 spiro atoms. The van der Waals surface area contributed by atoms with Gasteiger partial charge in [0.1, 0.15) is 11.5 Å². The first kappa shape index (κ1) is 23.9. The second kappa shape index (κ2) is 15.8. The third-order valence-electron chi connectivity index (χ3n) is 5.61. The number of hydrogen-bond donors (Lipinski definition) is 2. The Morgan fingerprint density at radius 1 is 0.519 bits per heavy atom. The molecule has 0 heterocycles. The molecule has 0 radical (unpaired) electrons.